The average Bonchev–Trinajstić information content (AvgIpc) is 3.11. The Morgan fingerprint density at radius 3 is 3.04 bits per heavy atom. The fraction of sp³-hybridized carbons (Fsp3) is 0.333. The SMILES string of the molecule is O=C(NCc1cccnc1)c1cc2sccc2n1CC1CCC1. The molecule has 1 aliphatic rings. The molecule has 1 amide bonds. The predicted octanol–water partition coefficient (Wildman–Crippen LogP) is 3.83. The van der Waals surface area contributed by atoms with E-state index in [4.69, 9.17) is 0 Å². The smallest absolute Gasteiger partial charge is 0.268 e. The maximum atomic E-state index is 12.6. The second kappa shape index (κ2) is 6.16. The predicted molar refractivity (Wildman–Crippen MR) is 92.6 cm³/mol. The van der Waals surface area contributed by atoms with Crippen LogP contribution >= 0.6 is 11.3 Å². The number of nitrogens with one attached hydrogen (secondary N) is 1. The minimum absolute atomic E-state index is 0.00317. The van der Waals surface area contributed by atoms with Gasteiger partial charge in [-0.3, -0.25) is 9.78 Å². The van der Waals surface area contributed by atoms with Crippen LogP contribution in [0.25, 0.3) is 10.2 Å². The molecule has 0 aromatic carbocycles. The molecule has 118 valence electrons. The van der Waals surface area contributed by atoms with Crippen LogP contribution in [0.3, 0.4) is 0 Å². The summed E-state index contributed by atoms with van der Waals surface area (Å²) >= 11 is 1.70. The zero-order valence-corrected chi connectivity index (χ0v) is 13.7. The molecule has 1 N–H and O–H groups in total. The Balaban J connectivity index is 1.55. The highest BCUT2D eigenvalue weighted by Crippen LogP contribution is 2.32. The van der Waals surface area contributed by atoms with E-state index in [1.807, 2.05) is 18.2 Å². The number of thiophene rings is 1. The number of hydrogen-bond donors (Lipinski definition) is 1. The van der Waals surface area contributed by atoms with Crippen LogP contribution in [0.5, 0.6) is 0 Å². The average molecular weight is 325 g/mol. The van der Waals surface area contributed by atoms with Crippen molar-refractivity contribution >= 4 is 27.5 Å². The molecular formula is C18H19N3OS. The lowest BCUT2D eigenvalue weighted by Crippen LogP contribution is -2.27. The minimum Gasteiger partial charge on any atom is -0.347 e. The highest BCUT2D eigenvalue weighted by molar-refractivity contribution is 7.17. The lowest BCUT2D eigenvalue weighted by atomic mass is 9.85. The first kappa shape index (κ1) is 14.5. The van der Waals surface area contributed by atoms with E-state index in [1.165, 1.54) is 29.5 Å². The second-order valence-electron chi connectivity index (χ2n) is 6.15. The molecule has 4 rings (SSSR count). The molecular weight excluding hydrogens is 306 g/mol. The summed E-state index contributed by atoms with van der Waals surface area (Å²) in [5.41, 5.74) is 2.98. The molecule has 0 saturated heterocycles. The van der Waals surface area contributed by atoms with Crippen molar-refractivity contribution in [3.63, 3.8) is 0 Å². The molecule has 4 nitrogen and oxygen atoms in total. The highest BCUT2D eigenvalue weighted by Gasteiger charge is 2.22. The summed E-state index contributed by atoms with van der Waals surface area (Å²) < 4.78 is 3.39. The summed E-state index contributed by atoms with van der Waals surface area (Å²) in [5, 5.41) is 5.12. The summed E-state index contributed by atoms with van der Waals surface area (Å²) in [6, 6.07) is 8.00. The Hall–Kier alpha value is -2.14. The number of carbonyl (C=O) groups excluding carboxylic acids is 1. The van der Waals surface area contributed by atoms with Crippen LogP contribution < -0.4 is 5.32 Å². The fourth-order valence-electron chi connectivity index (χ4n) is 3.07. The standard InChI is InChI=1S/C18H19N3OS/c22-18(20-11-14-5-2-7-19-10-14)16-9-17-15(6-8-23-17)21(16)12-13-3-1-4-13/h2,5-10,13H,1,3-4,11-12H2,(H,20,22). The Labute approximate surface area is 139 Å². The van der Waals surface area contributed by atoms with E-state index in [2.05, 4.69) is 26.3 Å². The Morgan fingerprint density at radius 2 is 2.30 bits per heavy atom. The van der Waals surface area contributed by atoms with Gasteiger partial charge >= 0.3 is 0 Å². The van der Waals surface area contributed by atoms with Crippen molar-refractivity contribution < 1.29 is 4.79 Å². The molecule has 3 heterocycles. The zero-order valence-electron chi connectivity index (χ0n) is 12.9. The van der Waals surface area contributed by atoms with Crippen molar-refractivity contribution in [1.82, 2.24) is 14.9 Å². The van der Waals surface area contributed by atoms with Gasteiger partial charge in [0.2, 0.25) is 0 Å². The lowest BCUT2D eigenvalue weighted by molar-refractivity contribution is 0.0939. The van der Waals surface area contributed by atoms with Gasteiger partial charge in [0.05, 0.1) is 10.2 Å². The molecule has 0 aliphatic heterocycles. The molecule has 0 spiro atoms. The Morgan fingerprint density at radius 1 is 1.39 bits per heavy atom. The summed E-state index contributed by atoms with van der Waals surface area (Å²) in [6.45, 7) is 1.46. The first-order chi connectivity index (χ1) is 11.3. The maximum Gasteiger partial charge on any atom is 0.268 e. The molecule has 3 aromatic rings. The van der Waals surface area contributed by atoms with Gasteiger partial charge in [-0.1, -0.05) is 12.5 Å². The number of pyridine rings is 1. The number of rotatable bonds is 5. The Kier molecular flexibility index (Phi) is 3.87. The molecule has 0 radical (unpaired) electrons. The summed E-state index contributed by atoms with van der Waals surface area (Å²) in [6.07, 6.45) is 7.40. The zero-order chi connectivity index (χ0) is 15.6. The van der Waals surface area contributed by atoms with E-state index in [9.17, 15) is 4.79 Å². The molecule has 0 bridgehead atoms. The number of aromatic nitrogens is 2. The lowest BCUT2D eigenvalue weighted by Gasteiger charge is -2.26. The van der Waals surface area contributed by atoms with Gasteiger partial charge in [0.1, 0.15) is 5.69 Å². The second-order valence-corrected chi connectivity index (χ2v) is 7.10. The minimum atomic E-state index is -0.00317. The van der Waals surface area contributed by atoms with Gasteiger partial charge in [-0.05, 0) is 47.9 Å². The van der Waals surface area contributed by atoms with Crippen molar-refractivity contribution in [2.24, 2.45) is 5.92 Å². The first-order valence-corrected chi connectivity index (χ1v) is 8.93. The van der Waals surface area contributed by atoms with Gasteiger partial charge in [0.25, 0.3) is 5.91 Å². The fourth-order valence-corrected chi connectivity index (χ4v) is 3.89. The third-order valence-corrected chi connectivity index (χ3v) is 5.45. The van der Waals surface area contributed by atoms with Crippen molar-refractivity contribution in [1.29, 1.82) is 0 Å². The summed E-state index contributed by atoms with van der Waals surface area (Å²) in [4.78, 5) is 16.7. The van der Waals surface area contributed by atoms with Crippen LogP contribution in [-0.2, 0) is 13.1 Å². The number of fused-ring (bicyclic) bond motifs is 1. The molecule has 1 fully saturated rings. The van der Waals surface area contributed by atoms with Crippen molar-refractivity contribution in [2.45, 2.75) is 32.4 Å². The van der Waals surface area contributed by atoms with Gasteiger partial charge in [-0.15, -0.1) is 11.3 Å². The van der Waals surface area contributed by atoms with E-state index >= 15 is 0 Å². The first-order valence-electron chi connectivity index (χ1n) is 8.05. The van der Waals surface area contributed by atoms with Crippen LogP contribution in [-0.4, -0.2) is 15.5 Å². The van der Waals surface area contributed by atoms with Gasteiger partial charge < -0.3 is 9.88 Å². The third-order valence-electron chi connectivity index (χ3n) is 4.60. The van der Waals surface area contributed by atoms with Crippen LogP contribution in [0.15, 0.2) is 42.0 Å². The quantitative estimate of drug-likeness (QED) is 0.775. The van der Waals surface area contributed by atoms with E-state index in [1.54, 1.807) is 23.7 Å². The topological polar surface area (TPSA) is 46.9 Å². The largest absolute Gasteiger partial charge is 0.347 e. The number of nitrogens with zero attached hydrogens (tertiary/aromatic N) is 2. The van der Waals surface area contributed by atoms with Crippen LogP contribution in [0, 0.1) is 5.92 Å². The third kappa shape index (κ3) is 2.88. The molecule has 1 aliphatic carbocycles. The number of amides is 1. The van der Waals surface area contributed by atoms with Crippen molar-refractivity contribution in [3.05, 3.63) is 53.3 Å². The normalized spacial score (nSPS) is 14.8. The monoisotopic (exact) mass is 325 g/mol. The molecule has 23 heavy (non-hydrogen) atoms. The van der Waals surface area contributed by atoms with Crippen LogP contribution in [0.1, 0.15) is 35.3 Å². The molecule has 1 saturated carbocycles. The summed E-state index contributed by atoms with van der Waals surface area (Å²) in [7, 11) is 0. The van der Waals surface area contributed by atoms with Gasteiger partial charge in [0.15, 0.2) is 0 Å². The van der Waals surface area contributed by atoms with Crippen molar-refractivity contribution in [2.75, 3.05) is 0 Å². The number of hydrogen-bond acceptors (Lipinski definition) is 3. The molecule has 3 aromatic heterocycles. The van der Waals surface area contributed by atoms with Gasteiger partial charge in [-0.2, -0.15) is 0 Å². The number of carbonyl (C=O) groups is 1. The molecule has 0 atom stereocenters. The maximum absolute atomic E-state index is 12.6. The molecule has 0 unspecified atom stereocenters. The van der Waals surface area contributed by atoms with E-state index in [0.717, 1.165) is 23.7 Å². The van der Waals surface area contributed by atoms with E-state index < -0.39 is 0 Å². The van der Waals surface area contributed by atoms with Crippen molar-refractivity contribution in [3.8, 4) is 0 Å². The van der Waals surface area contributed by atoms with Gasteiger partial charge in [-0.25, -0.2) is 0 Å². The Bertz CT molecular complexity index is 817. The molecule has 5 heteroatoms. The summed E-state index contributed by atoms with van der Waals surface area (Å²) in [5.74, 6) is 0.715. The highest BCUT2D eigenvalue weighted by atomic mass is 32.1. The van der Waals surface area contributed by atoms with Crippen LogP contribution in [0.2, 0.25) is 0 Å². The van der Waals surface area contributed by atoms with Gasteiger partial charge in [0, 0.05) is 25.5 Å². The van der Waals surface area contributed by atoms with E-state index in [-0.39, 0.29) is 5.91 Å². The van der Waals surface area contributed by atoms with E-state index in [0.29, 0.717) is 6.54 Å². The van der Waals surface area contributed by atoms with Crippen LogP contribution in [0.4, 0.5) is 0 Å².